The fraction of sp³-hybridized carbons (Fsp3) is 0.389. The number of rotatable bonds is 7. The Morgan fingerprint density at radius 3 is 2.44 bits per heavy atom. The van der Waals surface area contributed by atoms with Gasteiger partial charge in [-0.3, -0.25) is 14.3 Å². The van der Waals surface area contributed by atoms with E-state index in [1.807, 2.05) is 20.8 Å². The van der Waals surface area contributed by atoms with E-state index >= 15 is 0 Å². The molecule has 1 unspecified atom stereocenters. The van der Waals surface area contributed by atoms with Gasteiger partial charge in [0.15, 0.2) is 6.61 Å². The highest BCUT2D eigenvalue weighted by atomic mass is 16.5. The average Bonchev–Trinajstić information content (AvgIpc) is 3.00. The second-order valence-corrected chi connectivity index (χ2v) is 6.27. The van der Waals surface area contributed by atoms with Crippen LogP contribution >= 0.6 is 0 Å². The first kappa shape index (κ1) is 18.5. The van der Waals surface area contributed by atoms with Crippen LogP contribution in [0.3, 0.4) is 0 Å². The number of hydrogen-bond donors (Lipinski definition) is 2. The SMILES string of the molecule is CC(C)C(C)NC(=O)COc1ccc(NC(=O)c2cnn(C)c2)cc1. The second-order valence-electron chi connectivity index (χ2n) is 6.27. The fourth-order valence-electron chi connectivity index (χ4n) is 1.99. The Bertz CT molecular complexity index is 722. The zero-order chi connectivity index (χ0) is 18.4. The number of hydrogen-bond acceptors (Lipinski definition) is 4. The molecule has 0 aliphatic carbocycles. The van der Waals surface area contributed by atoms with Crippen molar-refractivity contribution in [3.8, 4) is 5.75 Å². The van der Waals surface area contributed by atoms with Crippen molar-refractivity contribution in [3.63, 3.8) is 0 Å². The zero-order valence-electron chi connectivity index (χ0n) is 14.9. The van der Waals surface area contributed by atoms with Gasteiger partial charge in [-0.25, -0.2) is 0 Å². The van der Waals surface area contributed by atoms with Gasteiger partial charge in [-0.2, -0.15) is 5.10 Å². The van der Waals surface area contributed by atoms with Gasteiger partial charge in [0.25, 0.3) is 11.8 Å². The normalized spacial score (nSPS) is 11.9. The van der Waals surface area contributed by atoms with E-state index in [4.69, 9.17) is 4.74 Å². The second kappa shape index (κ2) is 8.32. The number of aryl methyl sites for hydroxylation is 1. The van der Waals surface area contributed by atoms with Gasteiger partial charge in [0.1, 0.15) is 5.75 Å². The molecule has 0 saturated heterocycles. The highest BCUT2D eigenvalue weighted by Crippen LogP contribution is 2.16. The van der Waals surface area contributed by atoms with E-state index in [1.165, 1.54) is 6.20 Å². The third kappa shape index (κ3) is 5.63. The van der Waals surface area contributed by atoms with Gasteiger partial charge in [-0.05, 0) is 37.1 Å². The van der Waals surface area contributed by atoms with Gasteiger partial charge in [0.2, 0.25) is 0 Å². The standard InChI is InChI=1S/C18H24N4O3/c1-12(2)13(3)20-17(23)11-25-16-7-5-15(6-8-16)21-18(24)14-9-19-22(4)10-14/h5-10,12-13H,11H2,1-4H3,(H,20,23)(H,21,24). The van der Waals surface area contributed by atoms with Crippen molar-refractivity contribution in [1.29, 1.82) is 0 Å². The number of ether oxygens (including phenoxy) is 1. The third-order valence-corrected chi connectivity index (χ3v) is 3.84. The maximum atomic E-state index is 12.0. The summed E-state index contributed by atoms with van der Waals surface area (Å²) < 4.78 is 7.02. The van der Waals surface area contributed by atoms with Crippen molar-refractivity contribution in [2.24, 2.45) is 13.0 Å². The van der Waals surface area contributed by atoms with Crippen LogP contribution in [0.25, 0.3) is 0 Å². The fourth-order valence-corrected chi connectivity index (χ4v) is 1.99. The molecule has 0 saturated carbocycles. The summed E-state index contributed by atoms with van der Waals surface area (Å²) in [6.45, 7) is 6.01. The summed E-state index contributed by atoms with van der Waals surface area (Å²) in [6, 6.07) is 6.95. The van der Waals surface area contributed by atoms with Crippen LogP contribution in [0.4, 0.5) is 5.69 Å². The molecule has 2 aromatic rings. The van der Waals surface area contributed by atoms with Crippen LogP contribution in [0.1, 0.15) is 31.1 Å². The Hall–Kier alpha value is -2.83. The average molecular weight is 344 g/mol. The molecule has 0 spiro atoms. The number of nitrogens with one attached hydrogen (secondary N) is 2. The van der Waals surface area contributed by atoms with E-state index in [0.29, 0.717) is 22.9 Å². The van der Waals surface area contributed by atoms with E-state index in [2.05, 4.69) is 15.7 Å². The van der Waals surface area contributed by atoms with Crippen LogP contribution in [0.2, 0.25) is 0 Å². The van der Waals surface area contributed by atoms with Crippen molar-refractivity contribution in [3.05, 3.63) is 42.2 Å². The minimum Gasteiger partial charge on any atom is -0.484 e. The smallest absolute Gasteiger partial charge is 0.258 e. The molecule has 134 valence electrons. The van der Waals surface area contributed by atoms with Crippen molar-refractivity contribution < 1.29 is 14.3 Å². The van der Waals surface area contributed by atoms with Gasteiger partial charge < -0.3 is 15.4 Å². The molecule has 7 heteroatoms. The summed E-state index contributed by atoms with van der Waals surface area (Å²) in [6.07, 6.45) is 3.15. The lowest BCUT2D eigenvalue weighted by Gasteiger charge is -2.17. The number of benzene rings is 1. The van der Waals surface area contributed by atoms with E-state index < -0.39 is 0 Å². The minimum atomic E-state index is -0.233. The lowest BCUT2D eigenvalue weighted by molar-refractivity contribution is -0.124. The predicted molar refractivity (Wildman–Crippen MR) is 95.5 cm³/mol. The van der Waals surface area contributed by atoms with Gasteiger partial charge in [-0.15, -0.1) is 0 Å². The first-order valence-corrected chi connectivity index (χ1v) is 8.17. The molecule has 1 atom stereocenters. The van der Waals surface area contributed by atoms with Crippen molar-refractivity contribution in [2.45, 2.75) is 26.8 Å². The van der Waals surface area contributed by atoms with Crippen LogP contribution in [-0.4, -0.2) is 34.2 Å². The molecule has 0 radical (unpaired) electrons. The molecule has 0 bridgehead atoms. The van der Waals surface area contributed by atoms with E-state index in [-0.39, 0.29) is 24.5 Å². The molecule has 1 aromatic carbocycles. The minimum absolute atomic E-state index is 0.0432. The maximum absolute atomic E-state index is 12.0. The van der Waals surface area contributed by atoms with Crippen molar-refractivity contribution >= 4 is 17.5 Å². The Balaban J connectivity index is 1.83. The number of carbonyl (C=O) groups excluding carboxylic acids is 2. The largest absolute Gasteiger partial charge is 0.484 e. The van der Waals surface area contributed by atoms with E-state index in [1.54, 1.807) is 42.2 Å². The number of aromatic nitrogens is 2. The molecular formula is C18H24N4O3. The van der Waals surface area contributed by atoms with Crippen molar-refractivity contribution in [1.82, 2.24) is 15.1 Å². The van der Waals surface area contributed by atoms with E-state index in [9.17, 15) is 9.59 Å². The molecule has 2 N–H and O–H groups in total. The summed E-state index contributed by atoms with van der Waals surface area (Å²) in [7, 11) is 1.75. The van der Waals surface area contributed by atoms with Gasteiger partial charge in [-0.1, -0.05) is 13.8 Å². The Morgan fingerprint density at radius 1 is 1.20 bits per heavy atom. The first-order valence-electron chi connectivity index (χ1n) is 8.17. The highest BCUT2D eigenvalue weighted by molar-refractivity contribution is 6.03. The van der Waals surface area contributed by atoms with Crippen LogP contribution < -0.4 is 15.4 Å². The van der Waals surface area contributed by atoms with Crippen molar-refractivity contribution in [2.75, 3.05) is 11.9 Å². The van der Waals surface area contributed by atoms with Gasteiger partial charge >= 0.3 is 0 Å². The molecule has 7 nitrogen and oxygen atoms in total. The zero-order valence-corrected chi connectivity index (χ0v) is 14.9. The van der Waals surface area contributed by atoms with Crippen LogP contribution in [0, 0.1) is 5.92 Å². The lowest BCUT2D eigenvalue weighted by atomic mass is 10.1. The Morgan fingerprint density at radius 2 is 1.88 bits per heavy atom. The molecule has 1 heterocycles. The quantitative estimate of drug-likeness (QED) is 0.806. The first-order chi connectivity index (χ1) is 11.8. The topological polar surface area (TPSA) is 85.2 Å². The predicted octanol–water partition coefficient (Wildman–Crippen LogP) is 2.21. The van der Waals surface area contributed by atoms with Gasteiger partial charge in [0, 0.05) is 25.0 Å². The Labute approximate surface area is 147 Å². The summed E-state index contributed by atoms with van der Waals surface area (Å²) in [5.41, 5.74) is 1.12. The number of carbonyl (C=O) groups is 2. The molecule has 0 fully saturated rings. The molecule has 0 aliphatic rings. The number of anilines is 1. The summed E-state index contributed by atoms with van der Waals surface area (Å²) in [4.78, 5) is 23.8. The highest BCUT2D eigenvalue weighted by Gasteiger charge is 2.11. The monoisotopic (exact) mass is 344 g/mol. The Kier molecular flexibility index (Phi) is 6.16. The molecule has 25 heavy (non-hydrogen) atoms. The third-order valence-electron chi connectivity index (χ3n) is 3.84. The molecule has 0 aliphatic heterocycles. The van der Waals surface area contributed by atoms with Crippen LogP contribution in [0.5, 0.6) is 5.75 Å². The molecular weight excluding hydrogens is 320 g/mol. The number of amides is 2. The number of nitrogens with zero attached hydrogens (tertiary/aromatic N) is 2. The summed E-state index contributed by atoms with van der Waals surface area (Å²) in [5, 5.41) is 9.62. The van der Waals surface area contributed by atoms with Crippen LogP contribution in [0.15, 0.2) is 36.7 Å². The summed E-state index contributed by atoms with van der Waals surface area (Å²) >= 11 is 0. The molecule has 2 rings (SSSR count). The summed E-state index contributed by atoms with van der Waals surface area (Å²) in [5.74, 6) is 0.539. The molecule has 2 amide bonds. The van der Waals surface area contributed by atoms with Crippen LogP contribution in [-0.2, 0) is 11.8 Å². The lowest BCUT2D eigenvalue weighted by Crippen LogP contribution is -2.38. The van der Waals surface area contributed by atoms with Gasteiger partial charge in [0.05, 0.1) is 11.8 Å². The van der Waals surface area contributed by atoms with E-state index in [0.717, 1.165) is 0 Å². The molecule has 1 aromatic heterocycles. The maximum Gasteiger partial charge on any atom is 0.258 e.